The average molecular weight is 252 g/mol. The fourth-order valence-corrected chi connectivity index (χ4v) is 2.13. The number of nitrogens with one attached hydrogen (secondary N) is 1. The van der Waals surface area contributed by atoms with Crippen molar-refractivity contribution in [2.45, 2.75) is 32.4 Å². The van der Waals surface area contributed by atoms with Crippen molar-refractivity contribution in [2.75, 3.05) is 25.5 Å². The number of likely N-dealkylation sites (N-methyl/N-ethyl adjacent to an activating group) is 1. The van der Waals surface area contributed by atoms with E-state index in [9.17, 15) is 9.90 Å². The lowest BCUT2D eigenvalue weighted by molar-refractivity contribution is 0.0365. The van der Waals surface area contributed by atoms with Gasteiger partial charge in [-0.2, -0.15) is 0 Å². The van der Waals surface area contributed by atoms with Gasteiger partial charge in [-0.15, -0.1) is 0 Å². The standard InChI is InChI=1S/C12H20N4O2/c1-12(2,18)8-15(3)10(17)9-7-16-6-4-5-13-11(16)14-9/h7,18H,4-6,8H2,1-3H3,(H,13,14). The maximum absolute atomic E-state index is 12.2. The van der Waals surface area contributed by atoms with Crippen LogP contribution in [0.2, 0.25) is 0 Å². The van der Waals surface area contributed by atoms with Gasteiger partial charge in [-0.25, -0.2) is 4.98 Å². The molecule has 2 N–H and O–H groups in total. The van der Waals surface area contributed by atoms with Crippen LogP contribution >= 0.6 is 0 Å². The van der Waals surface area contributed by atoms with Gasteiger partial charge in [0.2, 0.25) is 5.95 Å². The molecule has 0 aromatic carbocycles. The number of anilines is 1. The summed E-state index contributed by atoms with van der Waals surface area (Å²) in [6.07, 6.45) is 2.81. The zero-order valence-corrected chi connectivity index (χ0v) is 11.1. The Morgan fingerprint density at radius 3 is 3.00 bits per heavy atom. The lowest BCUT2D eigenvalue weighted by atomic mass is 10.1. The van der Waals surface area contributed by atoms with Gasteiger partial charge in [-0.05, 0) is 20.3 Å². The third kappa shape index (κ3) is 2.81. The first kappa shape index (κ1) is 12.9. The van der Waals surface area contributed by atoms with Gasteiger partial charge in [0.1, 0.15) is 5.69 Å². The third-order valence-electron chi connectivity index (χ3n) is 2.83. The van der Waals surface area contributed by atoms with E-state index >= 15 is 0 Å². The number of amides is 1. The van der Waals surface area contributed by atoms with Crippen molar-refractivity contribution < 1.29 is 9.90 Å². The van der Waals surface area contributed by atoms with Crippen molar-refractivity contribution in [1.29, 1.82) is 0 Å². The molecule has 1 aromatic heterocycles. The van der Waals surface area contributed by atoms with Gasteiger partial charge in [0.05, 0.1) is 5.60 Å². The number of aryl methyl sites for hydroxylation is 1. The van der Waals surface area contributed by atoms with Crippen LogP contribution in [0, 0.1) is 0 Å². The molecule has 0 atom stereocenters. The fourth-order valence-electron chi connectivity index (χ4n) is 2.13. The Balaban J connectivity index is 2.11. The van der Waals surface area contributed by atoms with E-state index in [0.29, 0.717) is 5.69 Å². The first-order valence-electron chi connectivity index (χ1n) is 6.16. The molecule has 0 fully saturated rings. The maximum Gasteiger partial charge on any atom is 0.273 e. The number of carbonyl (C=O) groups is 1. The van der Waals surface area contributed by atoms with E-state index in [-0.39, 0.29) is 12.5 Å². The van der Waals surface area contributed by atoms with E-state index in [4.69, 9.17) is 0 Å². The van der Waals surface area contributed by atoms with Gasteiger partial charge in [0.15, 0.2) is 0 Å². The summed E-state index contributed by atoms with van der Waals surface area (Å²) in [4.78, 5) is 17.9. The molecule has 0 spiro atoms. The molecule has 0 unspecified atom stereocenters. The number of aliphatic hydroxyl groups is 1. The highest BCUT2D eigenvalue weighted by Crippen LogP contribution is 2.15. The predicted molar refractivity (Wildman–Crippen MR) is 68.6 cm³/mol. The average Bonchev–Trinajstić information content (AvgIpc) is 2.68. The predicted octanol–water partition coefficient (Wildman–Crippen LogP) is 0.542. The molecular formula is C12H20N4O2. The lowest BCUT2D eigenvalue weighted by Gasteiger charge is -2.24. The molecule has 1 aliphatic heterocycles. The molecule has 1 amide bonds. The second kappa shape index (κ2) is 4.61. The van der Waals surface area contributed by atoms with E-state index in [0.717, 1.165) is 25.5 Å². The minimum Gasteiger partial charge on any atom is -0.389 e. The van der Waals surface area contributed by atoms with E-state index < -0.39 is 5.60 Å². The number of aromatic nitrogens is 2. The topological polar surface area (TPSA) is 70.4 Å². The zero-order valence-electron chi connectivity index (χ0n) is 11.1. The molecule has 1 aromatic rings. The van der Waals surface area contributed by atoms with Crippen molar-refractivity contribution in [1.82, 2.24) is 14.5 Å². The van der Waals surface area contributed by atoms with Crippen LogP contribution in [0.15, 0.2) is 6.20 Å². The minimum absolute atomic E-state index is 0.166. The Morgan fingerprint density at radius 1 is 1.67 bits per heavy atom. The second-order valence-electron chi connectivity index (χ2n) is 5.40. The monoisotopic (exact) mass is 252 g/mol. The molecule has 0 aliphatic carbocycles. The van der Waals surface area contributed by atoms with Crippen LogP contribution in [0.4, 0.5) is 5.95 Å². The summed E-state index contributed by atoms with van der Waals surface area (Å²) < 4.78 is 1.95. The number of fused-ring (bicyclic) bond motifs is 1. The van der Waals surface area contributed by atoms with Crippen LogP contribution in [0.1, 0.15) is 30.8 Å². The van der Waals surface area contributed by atoms with Gasteiger partial charge in [-0.3, -0.25) is 4.79 Å². The van der Waals surface area contributed by atoms with Crippen LogP contribution in [0.5, 0.6) is 0 Å². The zero-order chi connectivity index (χ0) is 13.3. The summed E-state index contributed by atoms with van der Waals surface area (Å²) in [6, 6.07) is 0. The van der Waals surface area contributed by atoms with Gasteiger partial charge < -0.3 is 19.9 Å². The Morgan fingerprint density at radius 2 is 2.39 bits per heavy atom. The van der Waals surface area contributed by atoms with Crippen LogP contribution in [0.3, 0.4) is 0 Å². The van der Waals surface area contributed by atoms with Crippen molar-refractivity contribution in [2.24, 2.45) is 0 Å². The summed E-state index contributed by atoms with van der Waals surface area (Å²) in [5.41, 5.74) is -0.478. The highest BCUT2D eigenvalue weighted by atomic mass is 16.3. The van der Waals surface area contributed by atoms with E-state index in [1.54, 1.807) is 27.1 Å². The summed E-state index contributed by atoms with van der Waals surface area (Å²) in [7, 11) is 1.67. The molecule has 0 saturated carbocycles. The molecule has 6 nitrogen and oxygen atoms in total. The van der Waals surface area contributed by atoms with Crippen LogP contribution < -0.4 is 5.32 Å². The summed E-state index contributed by atoms with van der Waals surface area (Å²) in [6.45, 7) is 5.41. The Labute approximate surface area is 107 Å². The molecule has 0 bridgehead atoms. The first-order valence-corrected chi connectivity index (χ1v) is 6.16. The Hall–Kier alpha value is -1.56. The molecule has 2 heterocycles. The third-order valence-corrected chi connectivity index (χ3v) is 2.83. The van der Waals surface area contributed by atoms with Gasteiger partial charge in [-0.1, -0.05) is 0 Å². The minimum atomic E-state index is -0.901. The van der Waals surface area contributed by atoms with Crippen LogP contribution in [-0.2, 0) is 6.54 Å². The molecule has 100 valence electrons. The summed E-state index contributed by atoms with van der Waals surface area (Å²) in [5.74, 6) is 0.585. The molecule has 18 heavy (non-hydrogen) atoms. The fraction of sp³-hybridized carbons (Fsp3) is 0.667. The molecule has 1 aliphatic rings. The number of imidazole rings is 1. The first-order chi connectivity index (χ1) is 8.37. The van der Waals surface area contributed by atoms with E-state index in [2.05, 4.69) is 10.3 Å². The summed E-state index contributed by atoms with van der Waals surface area (Å²) >= 11 is 0. The van der Waals surface area contributed by atoms with Crippen LogP contribution in [0.25, 0.3) is 0 Å². The molecule has 0 saturated heterocycles. The van der Waals surface area contributed by atoms with Crippen molar-refractivity contribution in [3.05, 3.63) is 11.9 Å². The van der Waals surface area contributed by atoms with E-state index in [1.165, 1.54) is 4.90 Å². The molecule has 0 radical (unpaired) electrons. The van der Waals surface area contributed by atoms with Gasteiger partial charge in [0, 0.05) is 32.9 Å². The molecule has 6 heteroatoms. The Bertz CT molecular complexity index is 424. The number of nitrogens with zero attached hydrogens (tertiary/aromatic N) is 3. The quantitative estimate of drug-likeness (QED) is 0.824. The smallest absolute Gasteiger partial charge is 0.273 e. The van der Waals surface area contributed by atoms with Gasteiger partial charge >= 0.3 is 0 Å². The maximum atomic E-state index is 12.2. The van der Waals surface area contributed by atoms with Crippen molar-refractivity contribution in [3.8, 4) is 0 Å². The number of carbonyl (C=O) groups excluding carboxylic acids is 1. The van der Waals surface area contributed by atoms with Crippen molar-refractivity contribution in [3.63, 3.8) is 0 Å². The number of hydrogen-bond donors (Lipinski definition) is 2. The largest absolute Gasteiger partial charge is 0.389 e. The molecular weight excluding hydrogens is 232 g/mol. The van der Waals surface area contributed by atoms with Crippen LogP contribution in [-0.4, -0.2) is 51.2 Å². The highest BCUT2D eigenvalue weighted by molar-refractivity contribution is 5.92. The SMILES string of the molecule is CN(CC(C)(C)O)C(=O)c1cn2c(n1)NCCC2. The second-order valence-corrected chi connectivity index (χ2v) is 5.40. The lowest BCUT2D eigenvalue weighted by Crippen LogP contribution is -2.39. The Kier molecular flexibility index (Phi) is 3.30. The number of rotatable bonds is 3. The number of hydrogen-bond acceptors (Lipinski definition) is 4. The highest BCUT2D eigenvalue weighted by Gasteiger charge is 2.23. The molecule has 2 rings (SSSR count). The van der Waals surface area contributed by atoms with Gasteiger partial charge in [0.25, 0.3) is 5.91 Å². The van der Waals surface area contributed by atoms with Crippen molar-refractivity contribution >= 4 is 11.9 Å². The van der Waals surface area contributed by atoms with E-state index in [1.807, 2.05) is 4.57 Å². The summed E-state index contributed by atoms with van der Waals surface area (Å²) in [5, 5.41) is 12.9. The normalized spacial score (nSPS) is 14.9.